The summed E-state index contributed by atoms with van der Waals surface area (Å²) >= 11 is 1.66. The molecule has 0 radical (unpaired) electrons. The van der Waals surface area contributed by atoms with E-state index in [1.54, 1.807) is 11.3 Å². The normalized spacial score (nSPS) is 23.6. The zero-order valence-electron chi connectivity index (χ0n) is 9.54. The Morgan fingerprint density at radius 3 is 2.53 bits per heavy atom. The number of benzene rings is 1. The van der Waals surface area contributed by atoms with Gasteiger partial charge in [0.15, 0.2) is 0 Å². The van der Waals surface area contributed by atoms with E-state index < -0.39 is 0 Å². The van der Waals surface area contributed by atoms with Gasteiger partial charge in [0.2, 0.25) is 5.91 Å². The maximum Gasteiger partial charge on any atom is 0.233 e. The van der Waals surface area contributed by atoms with Gasteiger partial charge in [0.1, 0.15) is 0 Å². The van der Waals surface area contributed by atoms with Crippen LogP contribution in [0.4, 0.5) is 0 Å². The van der Waals surface area contributed by atoms with Crippen molar-refractivity contribution in [3.05, 3.63) is 58.3 Å². The molecule has 2 aromatic rings. The van der Waals surface area contributed by atoms with Gasteiger partial charge in [-0.3, -0.25) is 4.79 Å². The lowest BCUT2D eigenvalue weighted by Gasteiger charge is -2.45. The summed E-state index contributed by atoms with van der Waals surface area (Å²) in [6.45, 7) is 0. The lowest BCUT2D eigenvalue weighted by Crippen LogP contribution is -2.50. The number of likely N-dealkylation sites (N-methyl/N-ethyl adjacent to an activating group) is 1. The van der Waals surface area contributed by atoms with Crippen molar-refractivity contribution in [1.82, 2.24) is 4.90 Å². The molecule has 86 valence electrons. The van der Waals surface area contributed by atoms with E-state index in [2.05, 4.69) is 18.2 Å². The number of likely N-dealkylation sites (tertiary alicyclic amines) is 1. The van der Waals surface area contributed by atoms with Crippen LogP contribution in [0.3, 0.4) is 0 Å². The molecule has 1 fully saturated rings. The molecule has 0 aliphatic carbocycles. The fourth-order valence-corrected chi connectivity index (χ4v) is 3.29. The fraction of sp³-hybridized carbons (Fsp3) is 0.214. The first-order valence-corrected chi connectivity index (χ1v) is 6.52. The minimum atomic E-state index is 0.0161. The van der Waals surface area contributed by atoms with Crippen LogP contribution in [0.2, 0.25) is 0 Å². The Balaban J connectivity index is 1.96. The molecule has 1 saturated heterocycles. The van der Waals surface area contributed by atoms with Crippen LogP contribution in [0, 0.1) is 0 Å². The maximum atomic E-state index is 12.0. The Hall–Kier alpha value is -1.61. The molecule has 2 nitrogen and oxygen atoms in total. The number of hydrogen-bond donors (Lipinski definition) is 0. The van der Waals surface area contributed by atoms with Gasteiger partial charge in [-0.25, -0.2) is 0 Å². The average molecular weight is 243 g/mol. The number of rotatable bonds is 2. The molecule has 17 heavy (non-hydrogen) atoms. The van der Waals surface area contributed by atoms with Gasteiger partial charge < -0.3 is 4.90 Å². The summed E-state index contributed by atoms with van der Waals surface area (Å²) < 4.78 is 0. The van der Waals surface area contributed by atoms with Crippen molar-refractivity contribution in [2.45, 2.75) is 12.0 Å². The fourth-order valence-electron chi connectivity index (χ4n) is 2.44. The van der Waals surface area contributed by atoms with E-state index in [4.69, 9.17) is 0 Å². The van der Waals surface area contributed by atoms with Crippen molar-refractivity contribution < 1.29 is 4.79 Å². The molecule has 0 bridgehead atoms. The lowest BCUT2D eigenvalue weighted by molar-refractivity contribution is -0.147. The first-order chi connectivity index (χ1) is 8.29. The van der Waals surface area contributed by atoms with Crippen molar-refractivity contribution in [2.24, 2.45) is 0 Å². The Morgan fingerprint density at radius 1 is 1.12 bits per heavy atom. The Bertz CT molecular complexity index is 520. The van der Waals surface area contributed by atoms with Gasteiger partial charge >= 0.3 is 0 Å². The van der Waals surface area contributed by atoms with Crippen molar-refractivity contribution >= 4 is 17.2 Å². The molecular formula is C14H13NOS. The van der Waals surface area contributed by atoms with E-state index in [1.165, 1.54) is 10.4 Å². The summed E-state index contributed by atoms with van der Waals surface area (Å²) in [5, 5.41) is 2.03. The molecule has 1 aromatic heterocycles. The Kier molecular flexibility index (Phi) is 2.48. The predicted octanol–water partition coefficient (Wildman–Crippen LogP) is 3.05. The molecule has 3 rings (SSSR count). The summed E-state index contributed by atoms with van der Waals surface area (Å²) in [4.78, 5) is 15.0. The highest BCUT2D eigenvalue weighted by molar-refractivity contribution is 7.10. The second-order valence-electron chi connectivity index (χ2n) is 4.30. The topological polar surface area (TPSA) is 20.3 Å². The molecule has 0 saturated carbocycles. The lowest BCUT2D eigenvalue weighted by atomic mass is 9.82. The predicted molar refractivity (Wildman–Crippen MR) is 69.0 cm³/mol. The Morgan fingerprint density at radius 2 is 1.88 bits per heavy atom. The standard InChI is InChI=1S/C14H13NOS/c1-15-13(10-6-3-2-4-7-10)12(14(15)16)11-8-5-9-17-11/h2-9,12-13H,1H3/t12-,13-/m0/s1. The van der Waals surface area contributed by atoms with Crippen LogP contribution in [0.5, 0.6) is 0 Å². The third-order valence-corrected chi connectivity index (χ3v) is 4.29. The number of amides is 1. The second-order valence-corrected chi connectivity index (χ2v) is 5.28. The number of β-lactam (4-membered cyclic amide) rings is 1. The average Bonchev–Trinajstić information content (AvgIpc) is 2.88. The molecule has 1 aliphatic rings. The molecule has 2 heterocycles. The molecule has 0 N–H and O–H groups in total. The van der Waals surface area contributed by atoms with Crippen LogP contribution in [0.1, 0.15) is 22.4 Å². The summed E-state index contributed by atoms with van der Waals surface area (Å²) in [5.74, 6) is 0.240. The largest absolute Gasteiger partial charge is 0.337 e. The van der Waals surface area contributed by atoms with Gasteiger partial charge in [0.25, 0.3) is 0 Å². The number of hydrogen-bond acceptors (Lipinski definition) is 2. The van der Waals surface area contributed by atoms with Gasteiger partial charge in [-0.15, -0.1) is 11.3 Å². The van der Waals surface area contributed by atoms with Crippen molar-refractivity contribution in [2.75, 3.05) is 7.05 Å². The highest BCUT2D eigenvalue weighted by atomic mass is 32.1. The first kappa shape index (κ1) is 10.5. The van der Waals surface area contributed by atoms with Crippen LogP contribution < -0.4 is 0 Å². The number of thiophene rings is 1. The minimum absolute atomic E-state index is 0.0161. The van der Waals surface area contributed by atoms with Crippen molar-refractivity contribution in [3.63, 3.8) is 0 Å². The minimum Gasteiger partial charge on any atom is -0.337 e. The smallest absolute Gasteiger partial charge is 0.233 e. The molecule has 0 unspecified atom stereocenters. The summed E-state index contributed by atoms with van der Waals surface area (Å²) in [6.07, 6.45) is 0. The van der Waals surface area contributed by atoms with Crippen molar-refractivity contribution in [3.8, 4) is 0 Å². The number of nitrogens with zero attached hydrogens (tertiary/aromatic N) is 1. The third kappa shape index (κ3) is 1.58. The zero-order valence-corrected chi connectivity index (χ0v) is 10.4. The first-order valence-electron chi connectivity index (χ1n) is 5.64. The van der Waals surface area contributed by atoms with Crippen LogP contribution >= 0.6 is 11.3 Å². The molecular weight excluding hydrogens is 230 g/mol. The molecule has 1 aromatic carbocycles. The summed E-state index contributed by atoms with van der Waals surface area (Å²) in [7, 11) is 1.88. The molecule has 2 atom stereocenters. The summed E-state index contributed by atoms with van der Waals surface area (Å²) in [6, 6.07) is 14.5. The van der Waals surface area contributed by atoms with Crippen LogP contribution in [0.25, 0.3) is 0 Å². The monoisotopic (exact) mass is 243 g/mol. The van der Waals surface area contributed by atoms with Crippen LogP contribution in [-0.4, -0.2) is 17.9 Å². The van der Waals surface area contributed by atoms with E-state index in [-0.39, 0.29) is 17.9 Å². The van der Waals surface area contributed by atoms with E-state index >= 15 is 0 Å². The van der Waals surface area contributed by atoms with Gasteiger partial charge in [0, 0.05) is 11.9 Å². The highest BCUT2D eigenvalue weighted by Crippen LogP contribution is 2.46. The SMILES string of the molecule is CN1C(=O)[C@@H](c2cccs2)[C@@H]1c1ccccc1. The molecule has 1 amide bonds. The molecule has 1 aliphatic heterocycles. The van der Waals surface area contributed by atoms with E-state index in [0.717, 1.165) is 0 Å². The van der Waals surface area contributed by atoms with Gasteiger partial charge in [-0.2, -0.15) is 0 Å². The van der Waals surface area contributed by atoms with Crippen LogP contribution in [-0.2, 0) is 4.79 Å². The summed E-state index contributed by atoms with van der Waals surface area (Å²) in [5.41, 5.74) is 1.22. The van der Waals surface area contributed by atoms with Crippen LogP contribution in [0.15, 0.2) is 47.8 Å². The van der Waals surface area contributed by atoms with Crippen molar-refractivity contribution in [1.29, 1.82) is 0 Å². The third-order valence-electron chi connectivity index (χ3n) is 3.34. The van der Waals surface area contributed by atoms with Gasteiger partial charge in [0.05, 0.1) is 12.0 Å². The second kappa shape index (κ2) is 4.00. The maximum absolute atomic E-state index is 12.0. The number of carbonyl (C=O) groups is 1. The highest BCUT2D eigenvalue weighted by Gasteiger charge is 2.46. The Labute approximate surface area is 105 Å². The molecule has 3 heteroatoms. The zero-order chi connectivity index (χ0) is 11.8. The van der Waals surface area contributed by atoms with Gasteiger partial charge in [-0.05, 0) is 17.0 Å². The van der Waals surface area contributed by atoms with E-state index in [1.807, 2.05) is 41.6 Å². The van der Waals surface area contributed by atoms with E-state index in [0.29, 0.717) is 0 Å². The van der Waals surface area contributed by atoms with E-state index in [9.17, 15) is 4.79 Å². The van der Waals surface area contributed by atoms with Gasteiger partial charge in [-0.1, -0.05) is 36.4 Å². The molecule has 0 spiro atoms. The number of carbonyl (C=O) groups excluding carboxylic acids is 1. The quantitative estimate of drug-likeness (QED) is 0.742.